The van der Waals surface area contributed by atoms with E-state index in [2.05, 4.69) is 29.4 Å². The van der Waals surface area contributed by atoms with Gasteiger partial charge < -0.3 is 10.2 Å². The van der Waals surface area contributed by atoms with Crippen LogP contribution in [0.2, 0.25) is 5.02 Å². The van der Waals surface area contributed by atoms with Gasteiger partial charge in [0.1, 0.15) is 0 Å². The zero-order valence-corrected chi connectivity index (χ0v) is 15.3. The van der Waals surface area contributed by atoms with Crippen LogP contribution in [0, 0.1) is 12.8 Å². The minimum Gasteiger partial charge on any atom is -0.324 e. The molecule has 0 bridgehead atoms. The summed E-state index contributed by atoms with van der Waals surface area (Å²) in [5.41, 5.74) is 4.35. The maximum Gasteiger partial charge on any atom is 0.321 e. The molecule has 0 radical (unpaired) electrons. The van der Waals surface area contributed by atoms with Crippen LogP contribution >= 0.6 is 11.6 Å². The normalized spacial score (nSPS) is 19.1. The van der Waals surface area contributed by atoms with E-state index in [1.165, 1.54) is 5.57 Å². The number of hydrogen-bond donors (Lipinski definition) is 1. The Hall–Kier alpha value is -2.33. The molecule has 1 aliphatic rings. The number of amides is 2. The minimum absolute atomic E-state index is 0.0718. The van der Waals surface area contributed by atoms with Crippen LogP contribution in [0.15, 0.2) is 48.3 Å². The van der Waals surface area contributed by atoms with Gasteiger partial charge in [0.25, 0.3) is 0 Å². The Morgan fingerprint density at radius 3 is 2.92 bits per heavy atom. The van der Waals surface area contributed by atoms with Crippen molar-refractivity contribution in [1.82, 2.24) is 9.88 Å². The molecule has 0 spiro atoms. The van der Waals surface area contributed by atoms with Crippen molar-refractivity contribution in [3.63, 3.8) is 0 Å². The summed E-state index contributed by atoms with van der Waals surface area (Å²) in [6.45, 7) is 5.62. The second-order valence-electron chi connectivity index (χ2n) is 6.55. The van der Waals surface area contributed by atoms with E-state index in [1.807, 2.05) is 36.1 Å². The highest BCUT2D eigenvalue weighted by Crippen LogP contribution is 2.26. The number of benzene rings is 1. The van der Waals surface area contributed by atoms with Gasteiger partial charge in [-0.1, -0.05) is 36.2 Å². The van der Waals surface area contributed by atoms with Gasteiger partial charge in [-0.05, 0) is 54.7 Å². The van der Waals surface area contributed by atoms with E-state index in [1.54, 1.807) is 12.4 Å². The lowest BCUT2D eigenvalue weighted by Crippen LogP contribution is -2.42. The number of carbonyl (C=O) groups is 1. The molecule has 1 aromatic carbocycles. The van der Waals surface area contributed by atoms with E-state index in [-0.39, 0.29) is 6.03 Å². The smallest absolute Gasteiger partial charge is 0.321 e. The Morgan fingerprint density at radius 1 is 1.40 bits per heavy atom. The summed E-state index contributed by atoms with van der Waals surface area (Å²) >= 11 is 6.15. The first-order valence-electron chi connectivity index (χ1n) is 8.45. The summed E-state index contributed by atoms with van der Waals surface area (Å²) in [5, 5.41) is 3.66. The topological polar surface area (TPSA) is 45.2 Å². The number of pyridine rings is 1. The molecular weight excluding hydrogens is 334 g/mol. The number of piperidine rings is 1. The Balaban J connectivity index is 1.66. The Labute approximate surface area is 153 Å². The quantitative estimate of drug-likeness (QED) is 0.823. The predicted molar refractivity (Wildman–Crippen MR) is 103 cm³/mol. The molecule has 130 valence electrons. The van der Waals surface area contributed by atoms with Gasteiger partial charge >= 0.3 is 6.03 Å². The summed E-state index contributed by atoms with van der Waals surface area (Å²) in [7, 11) is 0. The highest BCUT2D eigenvalue weighted by atomic mass is 35.5. The maximum atomic E-state index is 12.4. The molecule has 1 aliphatic heterocycles. The average molecular weight is 356 g/mol. The number of carbonyl (C=O) groups excluding carboxylic acids is 1. The molecule has 0 saturated carbocycles. The molecular formula is C20H22ClN3O. The second-order valence-corrected chi connectivity index (χ2v) is 6.99. The molecule has 3 rings (SSSR count). The van der Waals surface area contributed by atoms with Crippen molar-refractivity contribution in [3.8, 4) is 0 Å². The van der Waals surface area contributed by atoms with Gasteiger partial charge in [0.15, 0.2) is 0 Å². The lowest BCUT2D eigenvalue weighted by atomic mass is 9.91. The molecule has 1 aromatic heterocycles. The van der Waals surface area contributed by atoms with E-state index >= 15 is 0 Å². The average Bonchev–Trinajstić information content (AvgIpc) is 2.56. The zero-order valence-electron chi connectivity index (χ0n) is 14.5. The van der Waals surface area contributed by atoms with Crippen LogP contribution in [0.25, 0.3) is 6.08 Å². The van der Waals surface area contributed by atoms with Gasteiger partial charge in [0.05, 0.1) is 11.9 Å². The first kappa shape index (κ1) is 17.5. The number of rotatable bonds is 2. The third-order valence-electron chi connectivity index (χ3n) is 4.41. The first-order chi connectivity index (χ1) is 12.0. The lowest BCUT2D eigenvalue weighted by Gasteiger charge is -2.33. The number of nitrogens with zero attached hydrogens (tertiary/aromatic N) is 2. The van der Waals surface area contributed by atoms with E-state index < -0.39 is 0 Å². The summed E-state index contributed by atoms with van der Waals surface area (Å²) in [6, 6.07) is 9.65. The predicted octanol–water partition coefficient (Wildman–Crippen LogP) is 5.00. The molecule has 0 aliphatic carbocycles. The molecule has 1 N–H and O–H groups in total. The van der Waals surface area contributed by atoms with Crippen molar-refractivity contribution in [2.24, 2.45) is 5.92 Å². The molecule has 2 heterocycles. The van der Waals surface area contributed by atoms with Crippen LogP contribution in [0.4, 0.5) is 10.5 Å². The van der Waals surface area contributed by atoms with Gasteiger partial charge in [-0.2, -0.15) is 0 Å². The van der Waals surface area contributed by atoms with Crippen molar-refractivity contribution < 1.29 is 4.79 Å². The van der Waals surface area contributed by atoms with Gasteiger partial charge in [0.2, 0.25) is 0 Å². The van der Waals surface area contributed by atoms with Crippen molar-refractivity contribution in [2.75, 3.05) is 18.4 Å². The fourth-order valence-corrected chi connectivity index (χ4v) is 3.45. The summed E-state index contributed by atoms with van der Waals surface area (Å²) in [4.78, 5) is 18.3. The number of likely N-dealkylation sites (tertiary alicyclic amines) is 1. The van der Waals surface area contributed by atoms with Crippen LogP contribution in [-0.4, -0.2) is 29.0 Å². The number of aryl methyl sites for hydroxylation is 1. The number of urea groups is 1. The van der Waals surface area contributed by atoms with Crippen molar-refractivity contribution >= 4 is 29.4 Å². The van der Waals surface area contributed by atoms with E-state index in [0.29, 0.717) is 19.0 Å². The Bertz CT molecular complexity index is 769. The number of aromatic nitrogens is 1. The minimum atomic E-state index is -0.0718. The van der Waals surface area contributed by atoms with E-state index in [4.69, 9.17) is 11.6 Å². The van der Waals surface area contributed by atoms with Crippen LogP contribution in [0.3, 0.4) is 0 Å². The van der Waals surface area contributed by atoms with E-state index in [0.717, 1.165) is 28.3 Å². The van der Waals surface area contributed by atoms with Crippen molar-refractivity contribution in [2.45, 2.75) is 20.3 Å². The highest BCUT2D eigenvalue weighted by molar-refractivity contribution is 6.30. The summed E-state index contributed by atoms with van der Waals surface area (Å²) in [6.07, 6.45) is 6.42. The monoisotopic (exact) mass is 355 g/mol. The SMILES string of the molecule is Cc1cc(Cl)cc(/C=C2\CCN(C(=O)Nc3cccnc3)CC2C)c1. The van der Waals surface area contributed by atoms with Crippen LogP contribution in [-0.2, 0) is 0 Å². The largest absolute Gasteiger partial charge is 0.324 e. The second kappa shape index (κ2) is 7.70. The molecule has 1 saturated heterocycles. The summed E-state index contributed by atoms with van der Waals surface area (Å²) < 4.78 is 0. The van der Waals surface area contributed by atoms with Gasteiger partial charge in [-0.3, -0.25) is 4.98 Å². The van der Waals surface area contributed by atoms with Crippen LogP contribution in [0.5, 0.6) is 0 Å². The molecule has 2 amide bonds. The number of anilines is 1. The third kappa shape index (κ3) is 4.60. The zero-order chi connectivity index (χ0) is 17.8. The van der Waals surface area contributed by atoms with Crippen LogP contribution < -0.4 is 5.32 Å². The van der Waals surface area contributed by atoms with E-state index in [9.17, 15) is 4.79 Å². The molecule has 1 atom stereocenters. The third-order valence-corrected chi connectivity index (χ3v) is 4.63. The fourth-order valence-electron chi connectivity index (χ4n) is 3.15. The van der Waals surface area contributed by atoms with Gasteiger partial charge in [-0.25, -0.2) is 4.79 Å². The van der Waals surface area contributed by atoms with Crippen molar-refractivity contribution in [1.29, 1.82) is 0 Å². The lowest BCUT2D eigenvalue weighted by molar-refractivity contribution is 0.198. The fraction of sp³-hybridized carbons (Fsp3) is 0.300. The number of nitrogens with one attached hydrogen (secondary N) is 1. The molecule has 1 fully saturated rings. The number of hydrogen-bond acceptors (Lipinski definition) is 2. The molecule has 2 aromatic rings. The molecule has 25 heavy (non-hydrogen) atoms. The maximum absolute atomic E-state index is 12.4. The molecule has 4 nitrogen and oxygen atoms in total. The Morgan fingerprint density at radius 2 is 2.24 bits per heavy atom. The molecule has 1 unspecified atom stereocenters. The Kier molecular flexibility index (Phi) is 5.39. The van der Waals surface area contributed by atoms with Crippen molar-refractivity contribution in [3.05, 3.63) is 64.4 Å². The first-order valence-corrected chi connectivity index (χ1v) is 8.82. The van der Waals surface area contributed by atoms with Gasteiger partial charge in [0, 0.05) is 24.3 Å². The van der Waals surface area contributed by atoms with Crippen LogP contribution in [0.1, 0.15) is 24.5 Å². The highest BCUT2D eigenvalue weighted by Gasteiger charge is 2.24. The summed E-state index contributed by atoms with van der Waals surface area (Å²) in [5.74, 6) is 0.313. The molecule has 5 heteroatoms. The standard InChI is InChI=1S/C20H22ClN3O/c1-14-8-16(11-18(21)9-14)10-17-5-7-24(13-15(17)2)20(25)23-19-4-3-6-22-12-19/h3-4,6,8-12,15H,5,7,13H2,1-2H3,(H,23,25)/b17-10+. The van der Waals surface area contributed by atoms with Gasteiger partial charge in [-0.15, -0.1) is 0 Å². The number of halogens is 1.